The van der Waals surface area contributed by atoms with Gasteiger partial charge in [-0.05, 0) is 43.0 Å². The highest BCUT2D eigenvalue weighted by Gasteiger charge is 2.24. The molecule has 2 N–H and O–H groups in total. The zero-order valence-electron chi connectivity index (χ0n) is 22.8. The van der Waals surface area contributed by atoms with E-state index in [0.717, 1.165) is 77.0 Å². The highest BCUT2D eigenvalue weighted by molar-refractivity contribution is 6.11. The average Bonchev–Trinajstić information content (AvgIpc) is 3.76. The minimum Gasteiger partial charge on any atom is -0.492 e. The quantitative estimate of drug-likeness (QED) is 0.283. The number of nitrogens with zero attached hydrogens (tertiary/aromatic N) is 5. The molecule has 3 aromatic heterocycles. The Balaban J connectivity index is 1.06. The fourth-order valence-electron chi connectivity index (χ4n) is 5.63. The lowest BCUT2D eigenvalue weighted by Crippen LogP contribution is -2.18. The van der Waals surface area contributed by atoms with Crippen molar-refractivity contribution in [2.45, 2.75) is 38.5 Å². The van der Waals surface area contributed by atoms with Gasteiger partial charge >= 0.3 is 0 Å². The molecular weight excluding hydrogens is 518 g/mol. The molecule has 1 unspecified atom stereocenters. The number of hydrogen-bond acceptors (Lipinski definition) is 7. The van der Waals surface area contributed by atoms with Gasteiger partial charge in [-0.2, -0.15) is 10.2 Å². The largest absolute Gasteiger partial charge is 0.492 e. The van der Waals surface area contributed by atoms with E-state index in [9.17, 15) is 4.79 Å². The summed E-state index contributed by atoms with van der Waals surface area (Å²) in [5.74, 6) is 1.42. The molecule has 0 aliphatic carbocycles. The van der Waals surface area contributed by atoms with Crippen LogP contribution in [0.1, 0.15) is 47.1 Å². The van der Waals surface area contributed by atoms with Crippen molar-refractivity contribution in [2.24, 2.45) is 7.05 Å². The summed E-state index contributed by atoms with van der Waals surface area (Å²) in [5, 5.41) is 16.3. The van der Waals surface area contributed by atoms with Crippen LogP contribution in [0.15, 0.2) is 67.1 Å². The minimum absolute atomic E-state index is 0.00999. The van der Waals surface area contributed by atoms with Gasteiger partial charge < -0.3 is 20.1 Å². The number of amides is 1. The number of aryl methyl sites for hydroxylation is 1. The van der Waals surface area contributed by atoms with Gasteiger partial charge in [0, 0.05) is 66.8 Å². The van der Waals surface area contributed by atoms with Gasteiger partial charge in [0.1, 0.15) is 17.8 Å². The molecule has 0 radical (unpaired) electrons. The Hall–Kier alpha value is -4.70. The first kappa shape index (κ1) is 25.3. The molecule has 2 aromatic carbocycles. The standard InChI is InChI=1S/C31H31N7O3/c1-37-26-10-3-2-9-23(26)28(36-37)31(39)35-22-8-6-7-20(15-22)16-32-30-24-12-14-41-29(24)25(18-33-30)21-17-34-38(19-21)27-11-4-5-13-40-27/h2-3,6-10,15,17-19,27H,4-5,11-14,16H2,1H3,(H,32,33)(H,35,39). The molecule has 0 saturated carbocycles. The maximum absolute atomic E-state index is 13.1. The molecule has 41 heavy (non-hydrogen) atoms. The van der Waals surface area contributed by atoms with E-state index in [2.05, 4.69) is 20.8 Å². The van der Waals surface area contributed by atoms with E-state index in [-0.39, 0.29) is 12.1 Å². The number of hydrogen-bond donors (Lipinski definition) is 2. The van der Waals surface area contributed by atoms with Crippen LogP contribution >= 0.6 is 0 Å². The average molecular weight is 550 g/mol. The first-order valence-corrected chi connectivity index (χ1v) is 14.0. The van der Waals surface area contributed by atoms with Crippen LogP contribution in [0, 0.1) is 0 Å². The second-order valence-electron chi connectivity index (χ2n) is 10.5. The van der Waals surface area contributed by atoms with Crippen LogP contribution in [0.3, 0.4) is 0 Å². The number of ether oxygens (including phenoxy) is 2. The van der Waals surface area contributed by atoms with Crippen LogP contribution in [0.4, 0.5) is 11.5 Å². The Morgan fingerprint density at radius 2 is 2.02 bits per heavy atom. The van der Waals surface area contributed by atoms with E-state index in [1.807, 2.05) is 78.9 Å². The third-order valence-corrected chi connectivity index (χ3v) is 7.71. The van der Waals surface area contributed by atoms with Crippen LogP contribution in [0.5, 0.6) is 5.75 Å². The lowest BCUT2D eigenvalue weighted by Gasteiger charge is -2.22. The zero-order chi connectivity index (χ0) is 27.8. The molecule has 10 heteroatoms. The molecule has 2 aliphatic heterocycles. The van der Waals surface area contributed by atoms with E-state index in [1.165, 1.54) is 0 Å². The molecule has 5 aromatic rings. The summed E-state index contributed by atoms with van der Waals surface area (Å²) in [6, 6.07) is 15.5. The molecule has 5 heterocycles. The van der Waals surface area contributed by atoms with Crippen molar-refractivity contribution >= 4 is 28.3 Å². The summed E-state index contributed by atoms with van der Waals surface area (Å²) < 4.78 is 15.6. The SMILES string of the molecule is Cn1nc(C(=O)Nc2cccc(CNc3ncc(-c4cnn(C5CCCCO5)c4)c4c3CCO4)c2)c2ccccc21. The summed E-state index contributed by atoms with van der Waals surface area (Å²) in [6.45, 7) is 1.94. The van der Waals surface area contributed by atoms with Crippen molar-refractivity contribution in [1.29, 1.82) is 0 Å². The van der Waals surface area contributed by atoms with Gasteiger partial charge in [-0.3, -0.25) is 9.48 Å². The second-order valence-corrected chi connectivity index (χ2v) is 10.5. The van der Waals surface area contributed by atoms with Gasteiger partial charge in [0.25, 0.3) is 5.91 Å². The Morgan fingerprint density at radius 3 is 2.93 bits per heavy atom. The molecule has 208 valence electrons. The predicted molar refractivity (Wildman–Crippen MR) is 156 cm³/mol. The Labute approximate surface area is 237 Å². The van der Waals surface area contributed by atoms with Crippen LogP contribution in [-0.4, -0.2) is 43.7 Å². The van der Waals surface area contributed by atoms with Crippen molar-refractivity contribution < 1.29 is 14.3 Å². The predicted octanol–water partition coefficient (Wildman–Crippen LogP) is 5.33. The Bertz CT molecular complexity index is 1740. The molecule has 1 amide bonds. The number of fused-ring (bicyclic) bond motifs is 2. The van der Waals surface area contributed by atoms with Gasteiger partial charge in [0.05, 0.1) is 18.3 Å². The lowest BCUT2D eigenvalue weighted by molar-refractivity contribution is -0.0394. The van der Waals surface area contributed by atoms with Crippen LogP contribution in [0.25, 0.3) is 22.0 Å². The number of carbonyl (C=O) groups excluding carboxylic acids is 1. The number of benzene rings is 2. The van der Waals surface area contributed by atoms with E-state index < -0.39 is 0 Å². The number of para-hydroxylation sites is 1. The number of aromatic nitrogens is 5. The number of anilines is 2. The van der Waals surface area contributed by atoms with Crippen molar-refractivity contribution in [3.05, 3.63) is 83.9 Å². The van der Waals surface area contributed by atoms with Gasteiger partial charge in [0.2, 0.25) is 0 Å². The summed E-state index contributed by atoms with van der Waals surface area (Å²) in [7, 11) is 1.84. The third-order valence-electron chi connectivity index (χ3n) is 7.71. The van der Waals surface area contributed by atoms with Crippen LogP contribution in [-0.2, 0) is 24.8 Å². The van der Waals surface area contributed by atoms with Gasteiger partial charge in [-0.25, -0.2) is 9.67 Å². The van der Waals surface area contributed by atoms with E-state index in [0.29, 0.717) is 24.5 Å². The number of nitrogens with one attached hydrogen (secondary N) is 2. The van der Waals surface area contributed by atoms with Crippen LogP contribution < -0.4 is 15.4 Å². The summed E-state index contributed by atoms with van der Waals surface area (Å²) >= 11 is 0. The minimum atomic E-state index is -0.238. The fraction of sp³-hybridized carbons (Fsp3) is 0.290. The molecule has 2 aliphatic rings. The molecule has 0 bridgehead atoms. The molecule has 7 rings (SSSR count). The van der Waals surface area contributed by atoms with Crippen molar-refractivity contribution in [2.75, 3.05) is 23.8 Å². The molecular formula is C31H31N7O3. The summed E-state index contributed by atoms with van der Waals surface area (Å²) in [6.07, 6.45) is 9.73. The lowest BCUT2D eigenvalue weighted by atomic mass is 10.1. The number of pyridine rings is 1. The number of carbonyl (C=O) groups is 1. The normalized spacial score (nSPS) is 16.4. The number of rotatable bonds is 7. The van der Waals surface area contributed by atoms with Crippen LogP contribution in [0.2, 0.25) is 0 Å². The maximum Gasteiger partial charge on any atom is 0.276 e. The van der Waals surface area contributed by atoms with Crippen molar-refractivity contribution in [3.63, 3.8) is 0 Å². The molecule has 1 saturated heterocycles. The highest BCUT2D eigenvalue weighted by Crippen LogP contribution is 2.40. The molecule has 0 spiro atoms. The summed E-state index contributed by atoms with van der Waals surface area (Å²) in [5.41, 5.74) is 6.02. The van der Waals surface area contributed by atoms with E-state index >= 15 is 0 Å². The van der Waals surface area contributed by atoms with Crippen molar-refractivity contribution in [1.82, 2.24) is 24.5 Å². The second kappa shape index (κ2) is 10.7. The van der Waals surface area contributed by atoms with E-state index in [1.54, 1.807) is 4.68 Å². The molecule has 1 fully saturated rings. The zero-order valence-corrected chi connectivity index (χ0v) is 22.8. The molecule has 10 nitrogen and oxygen atoms in total. The molecule has 1 atom stereocenters. The summed E-state index contributed by atoms with van der Waals surface area (Å²) in [4.78, 5) is 17.8. The monoisotopic (exact) mass is 549 g/mol. The smallest absolute Gasteiger partial charge is 0.276 e. The first-order chi connectivity index (χ1) is 20.1. The topological polar surface area (TPSA) is 108 Å². The van der Waals surface area contributed by atoms with Crippen molar-refractivity contribution in [3.8, 4) is 16.9 Å². The third kappa shape index (κ3) is 4.91. The highest BCUT2D eigenvalue weighted by atomic mass is 16.5. The van der Waals surface area contributed by atoms with Gasteiger partial charge in [-0.1, -0.05) is 30.3 Å². The van der Waals surface area contributed by atoms with E-state index in [4.69, 9.17) is 14.5 Å². The first-order valence-electron chi connectivity index (χ1n) is 14.0. The Kier molecular flexibility index (Phi) is 6.60. The Morgan fingerprint density at radius 1 is 1.10 bits per heavy atom. The fourth-order valence-corrected chi connectivity index (χ4v) is 5.63. The van der Waals surface area contributed by atoms with Gasteiger partial charge in [-0.15, -0.1) is 0 Å². The maximum atomic E-state index is 13.1. The van der Waals surface area contributed by atoms with Gasteiger partial charge in [0.15, 0.2) is 5.69 Å².